The normalized spacial score (nSPS) is 20.4. The third kappa shape index (κ3) is 3.79. The Morgan fingerprint density at radius 1 is 1.10 bits per heavy atom. The van der Waals surface area contributed by atoms with Gasteiger partial charge in [0.1, 0.15) is 22.7 Å². The first-order chi connectivity index (χ1) is 14.0. The Morgan fingerprint density at radius 2 is 1.80 bits per heavy atom. The molecule has 2 aromatic carbocycles. The van der Waals surface area contributed by atoms with Crippen LogP contribution in [0.3, 0.4) is 0 Å². The van der Waals surface area contributed by atoms with E-state index in [0.717, 1.165) is 18.4 Å². The Bertz CT molecular complexity index is 1070. The summed E-state index contributed by atoms with van der Waals surface area (Å²) >= 11 is 3.23. The summed E-state index contributed by atoms with van der Waals surface area (Å²) < 4.78 is 26.5. The lowest BCUT2D eigenvalue weighted by Gasteiger charge is -2.40. The molecule has 0 saturated heterocycles. The number of ether oxygens (including phenoxy) is 2. The number of ketones is 1. The van der Waals surface area contributed by atoms with Crippen molar-refractivity contribution in [2.75, 3.05) is 0 Å². The lowest BCUT2D eigenvalue weighted by atomic mass is 9.81. The number of aliphatic hydroxyl groups excluding tert-OH is 1. The van der Waals surface area contributed by atoms with Gasteiger partial charge in [-0.05, 0) is 87.9 Å². The van der Waals surface area contributed by atoms with Crippen molar-refractivity contribution in [3.63, 3.8) is 0 Å². The van der Waals surface area contributed by atoms with E-state index in [2.05, 4.69) is 15.9 Å². The molecule has 1 saturated carbocycles. The summed E-state index contributed by atoms with van der Waals surface area (Å²) in [5.41, 5.74) is -0.232. The lowest BCUT2D eigenvalue weighted by Crippen LogP contribution is -2.49. The van der Waals surface area contributed by atoms with Gasteiger partial charge in [-0.25, -0.2) is 4.39 Å². The first kappa shape index (κ1) is 21.1. The molecule has 1 N–H and O–H groups in total. The summed E-state index contributed by atoms with van der Waals surface area (Å²) in [5, 5.41) is 11.0. The van der Waals surface area contributed by atoms with Crippen LogP contribution in [0.5, 0.6) is 11.5 Å². The molecule has 4 nitrogen and oxygen atoms in total. The molecule has 1 aliphatic carbocycles. The first-order valence-corrected chi connectivity index (χ1v) is 10.7. The van der Waals surface area contributed by atoms with E-state index in [4.69, 9.17) is 9.47 Å². The maximum absolute atomic E-state index is 14.3. The third-order valence-corrected chi connectivity index (χ3v) is 6.02. The summed E-state index contributed by atoms with van der Waals surface area (Å²) in [4.78, 5) is 13.3. The highest BCUT2D eigenvalue weighted by Gasteiger charge is 2.48. The van der Waals surface area contributed by atoms with Crippen molar-refractivity contribution in [2.24, 2.45) is 0 Å². The zero-order chi connectivity index (χ0) is 21.8. The molecule has 1 aliphatic heterocycles. The molecule has 1 heterocycles. The topological polar surface area (TPSA) is 55.8 Å². The van der Waals surface area contributed by atoms with Gasteiger partial charge in [0.05, 0.1) is 5.57 Å². The van der Waals surface area contributed by atoms with Gasteiger partial charge in [-0.1, -0.05) is 22.0 Å². The number of halogens is 2. The fourth-order valence-corrected chi connectivity index (χ4v) is 4.28. The number of benzene rings is 2. The number of hydrogen-bond acceptors (Lipinski definition) is 4. The van der Waals surface area contributed by atoms with Crippen LogP contribution >= 0.6 is 15.9 Å². The van der Waals surface area contributed by atoms with Gasteiger partial charge in [0.15, 0.2) is 17.3 Å². The van der Waals surface area contributed by atoms with Gasteiger partial charge in [-0.15, -0.1) is 0 Å². The molecule has 0 unspecified atom stereocenters. The number of carbonyl (C=O) groups is 1. The molecule has 158 valence electrons. The maximum atomic E-state index is 14.3. The monoisotopic (exact) mass is 474 g/mol. The summed E-state index contributed by atoms with van der Waals surface area (Å²) in [5.74, 6) is -0.0653. The number of hydrogen-bond donors (Lipinski definition) is 1. The van der Waals surface area contributed by atoms with Crippen LogP contribution < -0.4 is 4.74 Å². The Balaban J connectivity index is 1.84. The van der Waals surface area contributed by atoms with E-state index < -0.39 is 17.0 Å². The minimum Gasteiger partial charge on any atom is -0.508 e. The predicted molar refractivity (Wildman–Crippen MR) is 116 cm³/mol. The van der Waals surface area contributed by atoms with Gasteiger partial charge >= 0.3 is 0 Å². The first-order valence-electron chi connectivity index (χ1n) is 9.95. The van der Waals surface area contributed by atoms with Gasteiger partial charge in [-0.2, -0.15) is 0 Å². The number of carbonyl (C=O) groups excluding carboxylic acids is 1. The van der Waals surface area contributed by atoms with E-state index in [-0.39, 0.29) is 22.9 Å². The van der Waals surface area contributed by atoms with Crippen LogP contribution in [0.4, 0.5) is 4.39 Å². The highest BCUT2D eigenvalue weighted by atomic mass is 79.9. The van der Waals surface area contributed by atoms with Crippen LogP contribution in [-0.4, -0.2) is 22.1 Å². The van der Waals surface area contributed by atoms with Crippen LogP contribution in [0.25, 0.3) is 5.57 Å². The fourth-order valence-electron chi connectivity index (χ4n) is 3.94. The Hall–Kier alpha value is -2.18. The van der Waals surface area contributed by atoms with E-state index in [1.807, 2.05) is 6.07 Å². The maximum Gasteiger partial charge on any atom is 0.198 e. The summed E-state index contributed by atoms with van der Waals surface area (Å²) in [6.45, 7) is 6.89. The fraction of sp³-hybridized carbons (Fsp3) is 0.375. The van der Waals surface area contributed by atoms with Gasteiger partial charge in [0, 0.05) is 4.47 Å². The zero-order valence-corrected chi connectivity index (χ0v) is 19.0. The van der Waals surface area contributed by atoms with Gasteiger partial charge < -0.3 is 14.6 Å². The highest BCUT2D eigenvalue weighted by Crippen LogP contribution is 2.48. The number of rotatable bonds is 4. The van der Waals surface area contributed by atoms with Crippen molar-refractivity contribution in [2.45, 2.75) is 57.7 Å². The van der Waals surface area contributed by atoms with Crippen LogP contribution in [0.1, 0.15) is 57.6 Å². The second-order valence-electron chi connectivity index (χ2n) is 8.88. The summed E-state index contributed by atoms with van der Waals surface area (Å²) in [6.07, 6.45) is 2.06. The predicted octanol–water partition coefficient (Wildman–Crippen LogP) is 6.68. The van der Waals surface area contributed by atoms with E-state index in [1.54, 1.807) is 45.9 Å². The second kappa shape index (κ2) is 7.20. The van der Waals surface area contributed by atoms with E-state index in [0.29, 0.717) is 21.7 Å². The Morgan fingerprint density at radius 3 is 2.43 bits per heavy atom. The molecular formula is C24H24BrFO4. The average molecular weight is 475 g/mol. The van der Waals surface area contributed by atoms with E-state index >= 15 is 0 Å². The van der Waals surface area contributed by atoms with Gasteiger partial charge in [-0.3, -0.25) is 4.79 Å². The smallest absolute Gasteiger partial charge is 0.198 e. The quantitative estimate of drug-likeness (QED) is 0.536. The van der Waals surface area contributed by atoms with Crippen molar-refractivity contribution in [3.8, 4) is 11.5 Å². The highest BCUT2D eigenvalue weighted by molar-refractivity contribution is 9.10. The molecule has 0 amide bonds. The standard InChI is InChI=1S/C24H24BrFO4/c1-23(2)21(27)20(22(28)24(3,4)30-23)17-12-15(8-9-16(17)13-5-6-13)29-19-10-7-14(25)11-18(19)26/h7-13,27H,5-6H2,1-4H3. The molecule has 0 spiro atoms. The zero-order valence-electron chi connectivity index (χ0n) is 17.4. The number of aliphatic hydroxyl groups is 1. The van der Waals surface area contributed by atoms with Crippen molar-refractivity contribution >= 4 is 27.3 Å². The SMILES string of the molecule is CC1(C)OC(C)(C)C(O)=C(c2cc(Oc3ccc(Br)cc3F)ccc2C2CC2)C1=O. The van der Waals surface area contributed by atoms with Crippen molar-refractivity contribution in [3.05, 3.63) is 63.6 Å². The van der Waals surface area contributed by atoms with E-state index in [1.165, 1.54) is 12.1 Å². The van der Waals surface area contributed by atoms with E-state index in [9.17, 15) is 14.3 Å². The van der Waals surface area contributed by atoms with Crippen molar-refractivity contribution < 1.29 is 23.8 Å². The molecule has 0 bridgehead atoms. The molecule has 1 fully saturated rings. The molecule has 0 radical (unpaired) electrons. The van der Waals surface area contributed by atoms with Crippen LogP contribution in [0.2, 0.25) is 0 Å². The van der Waals surface area contributed by atoms with Crippen LogP contribution in [-0.2, 0) is 9.53 Å². The largest absolute Gasteiger partial charge is 0.508 e. The number of Topliss-reactive ketones (excluding diaryl/α,β-unsaturated/α-hetero) is 1. The molecule has 30 heavy (non-hydrogen) atoms. The third-order valence-electron chi connectivity index (χ3n) is 5.52. The summed E-state index contributed by atoms with van der Waals surface area (Å²) in [6, 6.07) is 9.96. The van der Waals surface area contributed by atoms with Crippen molar-refractivity contribution in [1.82, 2.24) is 0 Å². The van der Waals surface area contributed by atoms with Gasteiger partial charge in [0.25, 0.3) is 0 Å². The molecule has 2 aliphatic rings. The average Bonchev–Trinajstić information content (AvgIpc) is 3.47. The lowest BCUT2D eigenvalue weighted by molar-refractivity contribution is -0.158. The molecule has 0 aromatic heterocycles. The molecule has 2 aromatic rings. The molecular weight excluding hydrogens is 451 g/mol. The van der Waals surface area contributed by atoms with Crippen LogP contribution in [0, 0.1) is 5.82 Å². The molecule has 6 heteroatoms. The summed E-state index contributed by atoms with van der Waals surface area (Å²) in [7, 11) is 0. The Kier molecular flexibility index (Phi) is 5.06. The minimum atomic E-state index is -1.08. The van der Waals surface area contributed by atoms with Gasteiger partial charge in [0.2, 0.25) is 0 Å². The minimum absolute atomic E-state index is 0.0838. The van der Waals surface area contributed by atoms with Crippen LogP contribution in [0.15, 0.2) is 46.6 Å². The Labute approximate surface area is 183 Å². The van der Waals surface area contributed by atoms with Crippen molar-refractivity contribution in [1.29, 1.82) is 0 Å². The molecule has 0 atom stereocenters. The molecule has 4 rings (SSSR count). The second-order valence-corrected chi connectivity index (χ2v) is 9.79.